The van der Waals surface area contributed by atoms with Crippen molar-refractivity contribution in [1.82, 2.24) is 0 Å². The number of para-hydroxylation sites is 1. The Balaban J connectivity index is 2.32. The zero-order chi connectivity index (χ0) is 14.4. The summed E-state index contributed by atoms with van der Waals surface area (Å²) in [5.41, 5.74) is 2.43. The largest absolute Gasteiger partial charge is 0.355 e. The summed E-state index contributed by atoms with van der Waals surface area (Å²) in [6.07, 6.45) is 1.42. The Kier molecular flexibility index (Phi) is 5.22. The lowest BCUT2D eigenvalue weighted by molar-refractivity contribution is -0.113. The van der Waals surface area contributed by atoms with Gasteiger partial charge in [-0.3, -0.25) is 4.79 Å². The fraction of sp³-hybridized carbons (Fsp3) is 0.0625. The third-order valence-corrected chi connectivity index (χ3v) is 3.07. The molecule has 20 heavy (non-hydrogen) atoms. The van der Waals surface area contributed by atoms with Crippen LogP contribution in [0.5, 0.6) is 0 Å². The van der Waals surface area contributed by atoms with Gasteiger partial charge in [-0.05, 0) is 17.7 Å². The van der Waals surface area contributed by atoms with Gasteiger partial charge in [-0.25, -0.2) is 0 Å². The standard InChI is InChI=1S/C16H13Cl2NO/c17-16(18)15(20)11-14(12-7-3-1-4-8-12)19-13-9-5-2-6-10-13/h1-11,16,19H/b14-11+. The van der Waals surface area contributed by atoms with Crippen molar-refractivity contribution in [3.05, 3.63) is 72.3 Å². The van der Waals surface area contributed by atoms with Gasteiger partial charge in [-0.2, -0.15) is 0 Å². The Hall–Kier alpha value is -1.77. The van der Waals surface area contributed by atoms with Crippen LogP contribution < -0.4 is 5.32 Å². The van der Waals surface area contributed by atoms with Crippen molar-refractivity contribution in [3.8, 4) is 0 Å². The highest BCUT2D eigenvalue weighted by Gasteiger charge is 2.11. The van der Waals surface area contributed by atoms with Gasteiger partial charge in [-0.15, -0.1) is 0 Å². The Labute approximate surface area is 128 Å². The first kappa shape index (κ1) is 14.6. The first-order valence-corrected chi connectivity index (χ1v) is 6.95. The summed E-state index contributed by atoms with van der Waals surface area (Å²) in [6.45, 7) is 0. The van der Waals surface area contributed by atoms with Crippen LogP contribution in [0.2, 0.25) is 0 Å². The molecule has 0 spiro atoms. The number of rotatable bonds is 5. The fourth-order valence-corrected chi connectivity index (χ4v) is 1.82. The van der Waals surface area contributed by atoms with Crippen LogP contribution in [-0.4, -0.2) is 10.6 Å². The molecule has 0 saturated heterocycles. The summed E-state index contributed by atoms with van der Waals surface area (Å²) < 4.78 is 0. The van der Waals surface area contributed by atoms with E-state index in [-0.39, 0.29) is 5.78 Å². The predicted octanol–water partition coefficient (Wildman–Crippen LogP) is 4.51. The third kappa shape index (κ3) is 4.12. The Morgan fingerprint density at radius 3 is 2.05 bits per heavy atom. The number of hydrogen-bond acceptors (Lipinski definition) is 2. The predicted molar refractivity (Wildman–Crippen MR) is 85.0 cm³/mol. The topological polar surface area (TPSA) is 29.1 Å². The number of nitrogens with one attached hydrogen (secondary N) is 1. The fourth-order valence-electron chi connectivity index (χ4n) is 1.69. The van der Waals surface area contributed by atoms with Gasteiger partial charge in [0.15, 0.2) is 10.6 Å². The summed E-state index contributed by atoms with van der Waals surface area (Å²) in [4.78, 5) is 10.7. The lowest BCUT2D eigenvalue weighted by Gasteiger charge is -2.11. The molecule has 0 radical (unpaired) electrons. The molecule has 0 amide bonds. The number of alkyl halides is 2. The molecule has 2 rings (SSSR count). The Morgan fingerprint density at radius 1 is 0.950 bits per heavy atom. The van der Waals surface area contributed by atoms with E-state index in [1.165, 1.54) is 6.08 Å². The van der Waals surface area contributed by atoms with Crippen LogP contribution in [0.4, 0.5) is 5.69 Å². The van der Waals surface area contributed by atoms with Crippen LogP contribution in [-0.2, 0) is 4.79 Å². The van der Waals surface area contributed by atoms with Crippen molar-refractivity contribution in [1.29, 1.82) is 0 Å². The van der Waals surface area contributed by atoms with E-state index in [0.29, 0.717) is 5.70 Å². The van der Waals surface area contributed by atoms with Crippen LogP contribution in [0.1, 0.15) is 5.56 Å². The van der Waals surface area contributed by atoms with E-state index in [1.54, 1.807) is 0 Å². The van der Waals surface area contributed by atoms with Crippen molar-refractivity contribution in [2.24, 2.45) is 0 Å². The number of anilines is 1. The molecule has 0 fully saturated rings. The average molecular weight is 306 g/mol. The molecule has 0 aliphatic heterocycles. The van der Waals surface area contributed by atoms with Gasteiger partial charge < -0.3 is 5.32 Å². The molecule has 4 heteroatoms. The van der Waals surface area contributed by atoms with Crippen LogP contribution in [0, 0.1) is 0 Å². The summed E-state index contributed by atoms with van der Waals surface area (Å²) >= 11 is 11.2. The lowest BCUT2D eigenvalue weighted by Crippen LogP contribution is -2.08. The molecule has 2 nitrogen and oxygen atoms in total. The Bertz CT molecular complexity index is 594. The van der Waals surface area contributed by atoms with E-state index in [9.17, 15) is 4.79 Å². The molecule has 0 unspecified atom stereocenters. The smallest absolute Gasteiger partial charge is 0.190 e. The van der Waals surface area contributed by atoms with Gasteiger partial charge in [0.25, 0.3) is 0 Å². The van der Waals surface area contributed by atoms with Crippen molar-refractivity contribution in [2.75, 3.05) is 5.32 Å². The molecule has 2 aromatic rings. The van der Waals surface area contributed by atoms with Crippen molar-refractivity contribution in [3.63, 3.8) is 0 Å². The number of allylic oxidation sites excluding steroid dienone is 1. The molecular formula is C16H13Cl2NO. The maximum atomic E-state index is 11.7. The van der Waals surface area contributed by atoms with Gasteiger partial charge in [-0.1, -0.05) is 71.7 Å². The highest BCUT2D eigenvalue weighted by Crippen LogP contribution is 2.19. The van der Waals surface area contributed by atoms with E-state index in [0.717, 1.165) is 11.3 Å². The molecule has 0 aliphatic rings. The zero-order valence-electron chi connectivity index (χ0n) is 10.6. The van der Waals surface area contributed by atoms with E-state index >= 15 is 0 Å². The second-order valence-electron chi connectivity index (χ2n) is 4.12. The summed E-state index contributed by atoms with van der Waals surface area (Å²) in [7, 11) is 0. The normalized spacial score (nSPS) is 11.4. The molecule has 0 atom stereocenters. The van der Waals surface area contributed by atoms with Crippen LogP contribution in [0.25, 0.3) is 5.70 Å². The van der Waals surface area contributed by atoms with Gasteiger partial charge in [0.1, 0.15) is 0 Å². The van der Waals surface area contributed by atoms with Gasteiger partial charge in [0.2, 0.25) is 0 Å². The maximum Gasteiger partial charge on any atom is 0.190 e. The summed E-state index contributed by atoms with van der Waals surface area (Å²) in [5.74, 6) is -0.351. The van der Waals surface area contributed by atoms with Crippen LogP contribution in [0.3, 0.4) is 0 Å². The second-order valence-corrected chi connectivity index (χ2v) is 5.21. The minimum Gasteiger partial charge on any atom is -0.355 e. The van der Waals surface area contributed by atoms with E-state index < -0.39 is 4.84 Å². The average Bonchev–Trinajstić information content (AvgIpc) is 2.48. The summed E-state index contributed by atoms with van der Waals surface area (Å²) in [5, 5.41) is 3.20. The molecule has 1 N–H and O–H groups in total. The van der Waals surface area contributed by atoms with Gasteiger partial charge >= 0.3 is 0 Å². The Morgan fingerprint density at radius 2 is 1.50 bits per heavy atom. The maximum absolute atomic E-state index is 11.7. The first-order valence-electron chi connectivity index (χ1n) is 6.08. The number of hydrogen-bond donors (Lipinski definition) is 1. The molecule has 0 bridgehead atoms. The van der Waals surface area contributed by atoms with Crippen LogP contribution in [0.15, 0.2) is 66.7 Å². The summed E-state index contributed by atoms with van der Waals surface area (Å²) in [6, 6.07) is 19.1. The number of carbonyl (C=O) groups excluding carboxylic acids is 1. The van der Waals surface area contributed by atoms with E-state index in [2.05, 4.69) is 5.32 Å². The number of ketones is 1. The molecule has 0 aliphatic carbocycles. The molecule has 2 aromatic carbocycles. The molecule has 0 aromatic heterocycles. The molecular weight excluding hydrogens is 293 g/mol. The van der Waals surface area contributed by atoms with Crippen molar-refractivity contribution in [2.45, 2.75) is 4.84 Å². The van der Waals surface area contributed by atoms with E-state index in [1.807, 2.05) is 60.7 Å². The minimum absolute atomic E-state index is 0.351. The zero-order valence-corrected chi connectivity index (χ0v) is 12.1. The van der Waals surface area contributed by atoms with Gasteiger partial charge in [0, 0.05) is 17.5 Å². The second kappa shape index (κ2) is 7.13. The highest BCUT2D eigenvalue weighted by molar-refractivity contribution is 6.55. The third-order valence-electron chi connectivity index (χ3n) is 2.64. The SMILES string of the molecule is O=C(/C=C(/Nc1ccccc1)c1ccccc1)C(Cl)Cl. The minimum atomic E-state index is -1.06. The van der Waals surface area contributed by atoms with Gasteiger partial charge in [0.05, 0.1) is 0 Å². The molecule has 102 valence electrons. The number of benzene rings is 2. The van der Waals surface area contributed by atoms with Crippen molar-refractivity contribution < 1.29 is 4.79 Å². The monoisotopic (exact) mass is 305 g/mol. The van der Waals surface area contributed by atoms with Crippen LogP contribution >= 0.6 is 23.2 Å². The number of halogens is 2. The molecule has 0 saturated carbocycles. The quantitative estimate of drug-likeness (QED) is 0.650. The molecule has 0 heterocycles. The number of carbonyl (C=O) groups is 1. The van der Waals surface area contributed by atoms with Crippen molar-refractivity contribution >= 4 is 40.4 Å². The lowest BCUT2D eigenvalue weighted by atomic mass is 10.1. The first-order chi connectivity index (χ1) is 9.66. The highest BCUT2D eigenvalue weighted by atomic mass is 35.5. The van der Waals surface area contributed by atoms with E-state index in [4.69, 9.17) is 23.2 Å².